The van der Waals surface area contributed by atoms with Crippen molar-refractivity contribution >= 4 is 55.7 Å². The van der Waals surface area contributed by atoms with Crippen LogP contribution in [-0.2, 0) is 4.79 Å². The number of aliphatic hydroxyl groups excluding tert-OH is 1. The number of thiazole rings is 1. The molecule has 1 atom stereocenters. The Morgan fingerprint density at radius 1 is 1.21 bits per heavy atom. The number of rotatable bonds is 5. The third-order valence-electron chi connectivity index (χ3n) is 5.38. The highest BCUT2D eigenvalue weighted by atomic mass is 35.5. The number of fused-ring (bicyclic) bond motifs is 1. The van der Waals surface area contributed by atoms with Crippen molar-refractivity contribution in [2.75, 3.05) is 4.90 Å². The summed E-state index contributed by atoms with van der Waals surface area (Å²) >= 11 is 7.24. The second kappa shape index (κ2) is 8.08. The van der Waals surface area contributed by atoms with Gasteiger partial charge in [0.1, 0.15) is 5.76 Å². The van der Waals surface area contributed by atoms with Crippen LogP contribution in [0.15, 0.2) is 70.3 Å². The molecule has 4 aromatic rings. The lowest BCUT2D eigenvalue weighted by atomic mass is 9.95. The molecule has 11 heteroatoms. The number of non-ortho nitro benzene ring substituents is 1. The molecule has 0 spiro atoms. The number of nitro benzene ring substituents is 1. The second-order valence-corrected chi connectivity index (χ2v) is 8.98. The molecule has 0 bridgehead atoms. The Morgan fingerprint density at radius 2 is 1.94 bits per heavy atom. The number of carbonyl (C=O) groups is 2. The third kappa shape index (κ3) is 3.53. The summed E-state index contributed by atoms with van der Waals surface area (Å²) in [5.41, 5.74) is 0.606. The largest absolute Gasteiger partial charge is 0.503 e. The Balaban J connectivity index is 1.67. The van der Waals surface area contributed by atoms with Crippen LogP contribution in [0.1, 0.15) is 27.9 Å². The summed E-state index contributed by atoms with van der Waals surface area (Å²) in [5.74, 6) is -1.79. The zero-order chi connectivity index (χ0) is 24.1. The number of Topliss-reactive ketones (excluding diaryl/α,β-unsaturated/α-hetero) is 1. The first kappa shape index (κ1) is 21.8. The predicted octanol–water partition coefficient (Wildman–Crippen LogP) is 5.54. The molecule has 1 N–H and O–H groups in total. The van der Waals surface area contributed by atoms with Crippen molar-refractivity contribution in [2.24, 2.45) is 0 Å². The molecule has 2 aromatic carbocycles. The number of amides is 1. The van der Waals surface area contributed by atoms with Gasteiger partial charge in [0.2, 0.25) is 5.78 Å². The number of carbonyl (C=O) groups excluding carboxylic acids is 2. The van der Waals surface area contributed by atoms with Crippen molar-refractivity contribution in [3.05, 3.63) is 98.2 Å². The van der Waals surface area contributed by atoms with E-state index in [9.17, 15) is 24.8 Å². The standard InChI is InChI=1S/C23H14ClN3O6S/c1-11-2-9-16(33-11)20(28)18-19(12-3-6-14(7-4-12)27(31)32)26(22(30)21(18)29)23-25-15-8-5-13(24)10-17(15)34-23/h2-10,19,29H,1H3. The van der Waals surface area contributed by atoms with E-state index in [1.165, 1.54) is 35.2 Å². The fraction of sp³-hybridized carbons (Fsp3) is 0.0870. The molecule has 34 heavy (non-hydrogen) atoms. The molecule has 1 unspecified atom stereocenters. The van der Waals surface area contributed by atoms with Gasteiger partial charge in [-0.3, -0.25) is 24.6 Å². The summed E-state index contributed by atoms with van der Waals surface area (Å²) in [6, 6.07) is 12.4. The molecule has 0 saturated carbocycles. The number of nitrogens with zero attached hydrogens (tertiary/aromatic N) is 3. The van der Waals surface area contributed by atoms with Gasteiger partial charge in [-0.15, -0.1) is 0 Å². The van der Waals surface area contributed by atoms with Crippen LogP contribution in [0.4, 0.5) is 10.8 Å². The summed E-state index contributed by atoms with van der Waals surface area (Å²) in [4.78, 5) is 42.8. The maximum Gasteiger partial charge on any atom is 0.296 e. The molecule has 2 aromatic heterocycles. The van der Waals surface area contributed by atoms with Crippen LogP contribution in [0, 0.1) is 17.0 Å². The number of anilines is 1. The summed E-state index contributed by atoms with van der Waals surface area (Å²) in [7, 11) is 0. The first-order valence-electron chi connectivity index (χ1n) is 9.93. The van der Waals surface area contributed by atoms with Crippen LogP contribution < -0.4 is 4.90 Å². The van der Waals surface area contributed by atoms with E-state index in [0.29, 0.717) is 26.6 Å². The van der Waals surface area contributed by atoms with Crippen LogP contribution in [0.25, 0.3) is 10.2 Å². The number of aryl methyl sites for hydroxylation is 1. The van der Waals surface area contributed by atoms with E-state index in [1.54, 1.807) is 31.2 Å². The Labute approximate surface area is 200 Å². The Bertz CT molecular complexity index is 1520. The highest BCUT2D eigenvalue weighted by Crippen LogP contribution is 2.44. The average Bonchev–Trinajstić information content (AvgIpc) is 3.49. The number of hydrogen-bond acceptors (Lipinski definition) is 8. The molecule has 0 saturated heterocycles. The van der Waals surface area contributed by atoms with Gasteiger partial charge in [-0.2, -0.15) is 0 Å². The molecule has 170 valence electrons. The molecule has 5 rings (SSSR count). The third-order valence-corrected chi connectivity index (χ3v) is 6.63. The number of ketones is 1. The minimum absolute atomic E-state index is 0.0447. The predicted molar refractivity (Wildman–Crippen MR) is 125 cm³/mol. The lowest BCUT2D eigenvalue weighted by molar-refractivity contribution is -0.384. The van der Waals surface area contributed by atoms with Crippen molar-refractivity contribution in [2.45, 2.75) is 13.0 Å². The molecule has 0 aliphatic carbocycles. The highest BCUT2D eigenvalue weighted by Gasteiger charge is 2.46. The summed E-state index contributed by atoms with van der Waals surface area (Å²) < 4.78 is 6.14. The van der Waals surface area contributed by atoms with Gasteiger partial charge in [-0.25, -0.2) is 4.98 Å². The minimum Gasteiger partial charge on any atom is -0.503 e. The van der Waals surface area contributed by atoms with Crippen LogP contribution in [0.3, 0.4) is 0 Å². The monoisotopic (exact) mass is 495 g/mol. The normalized spacial score (nSPS) is 16.0. The number of furan rings is 1. The first-order chi connectivity index (χ1) is 16.2. The topological polar surface area (TPSA) is 127 Å². The van der Waals surface area contributed by atoms with E-state index < -0.39 is 28.4 Å². The fourth-order valence-corrected chi connectivity index (χ4v) is 5.08. The quantitative estimate of drug-likeness (QED) is 0.218. The fourth-order valence-electron chi connectivity index (χ4n) is 3.81. The molecule has 0 fully saturated rings. The number of aliphatic hydroxyl groups is 1. The molecule has 1 amide bonds. The van der Waals surface area contributed by atoms with Crippen molar-refractivity contribution in [1.29, 1.82) is 0 Å². The van der Waals surface area contributed by atoms with Crippen molar-refractivity contribution in [3.63, 3.8) is 0 Å². The molecule has 1 aliphatic rings. The molecular formula is C23H14ClN3O6S. The lowest BCUT2D eigenvalue weighted by Crippen LogP contribution is -2.30. The zero-order valence-corrected chi connectivity index (χ0v) is 19.0. The van der Waals surface area contributed by atoms with E-state index in [0.717, 1.165) is 11.3 Å². The maximum absolute atomic E-state index is 13.3. The SMILES string of the molecule is Cc1ccc(C(=O)C2=C(O)C(=O)N(c3nc4ccc(Cl)cc4s3)C2c2ccc([N+](=O)[O-])cc2)o1. The Hall–Kier alpha value is -4.02. The summed E-state index contributed by atoms with van der Waals surface area (Å²) in [6.07, 6.45) is 0. The zero-order valence-electron chi connectivity index (χ0n) is 17.4. The van der Waals surface area contributed by atoms with Gasteiger partial charge in [0.15, 0.2) is 16.7 Å². The Morgan fingerprint density at radius 3 is 2.59 bits per heavy atom. The molecule has 9 nitrogen and oxygen atoms in total. The van der Waals surface area contributed by atoms with E-state index in [4.69, 9.17) is 16.0 Å². The van der Waals surface area contributed by atoms with Gasteiger partial charge in [0.05, 0.1) is 26.8 Å². The van der Waals surface area contributed by atoms with E-state index in [1.807, 2.05) is 0 Å². The van der Waals surface area contributed by atoms with Gasteiger partial charge in [0, 0.05) is 17.2 Å². The average molecular weight is 496 g/mol. The Kier molecular flexibility index (Phi) is 5.18. The van der Waals surface area contributed by atoms with E-state index in [-0.39, 0.29) is 22.2 Å². The van der Waals surface area contributed by atoms with Crippen molar-refractivity contribution in [3.8, 4) is 0 Å². The number of aromatic nitrogens is 1. The molecule has 0 radical (unpaired) electrons. The van der Waals surface area contributed by atoms with Crippen LogP contribution in [0.2, 0.25) is 5.02 Å². The summed E-state index contributed by atoms with van der Waals surface area (Å²) in [6.45, 7) is 1.66. The number of hydrogen-bond donors (Lipinski definition) is 1. The molecular weight excluding hydrogens is 482 g/mol. The van der Waals surface area contributed by atoms with Crippen molar-refractivity contribution < 1.29 is 24.0 Å². The van der Waals surface area contributed by atoms with Crippen LogP contribution >= 0.6 is 22.9 Å². The molecule has 3 heterocycles. The van der Waals surface area contributed by atoms with Gasteiger partial charge in [0.25, 0.3) is 11.6 Å². The van der Waals surface area contributed by atoms with Gasteiger partial charge in [-0.1, -0.05) is 22.9 Å². The number of benzene rings is 2. The lowest BCUT2D eigenvalue weighted by Gasteiger charge is -2.24. The van der Waals surface area contributed by atoms with Gasteiger partial charge >= 0.3 is 0 Å². The maximum atomic E-state index is 13.3. The van der Waals surface area contributed by atoms with Crippen molar-refractivity contribution in [1.82, 2.24) is 4.98 Å². The number of nitro groups is 1. The summed E-state index contributed by atoms with van der Waals surface area (Å²) in [5, 5.41) is 22.6. The minimum atomic E-state index is -1.08. The highest BCUT2D eigenvalue weighted by molar-refractivity contribution is 7.22. The van der Waals surface area contributed by atoms with E-state index in [2.05, 4.69) is 4.98 Å². The van der Waals surface area contributed by atoms with Gasteiger partial charge < -0.3 is 9.52 Å². The van der Waals surface area contributed by atoms with Gasteiger partial charge in [-0.05, 0) is 55.0 Å². The molecule has 1 aliphatic heterocycles. The number of halogens is 1. The van der Waals surface area contributed by atoms with E-state index >= 15 is 0 Å². The van der Waals surface area contributed by atoms with Crippen LogP contribution in [0.5, 0.6) is 0 Å². The smallest absolute Gasteiger partial charge is 0.296 e. The first-order valence-corrected chi connectivity index (χ1v) is 11.1. The second-order valence-electron chi connectivity index (χ2n) is 7.54. The van der Waals surface area contributed by atoms with Crippen LogP contribution in [-0.4, -0.2) is 26.7 Å².